The maximum Gasteiger partial charge on any atom is 0.188 e. The van der Waals surface area contributed by atoms with Crippen LogP contribution < -0.4 is 4.74 Å². The first-order chi connectivity index (χ1) is 9.79. The lowest BCUT2D eigenvalue weighted by Crippen LogP contribution is -2.10. The van der Waals surface area contributed by atoms with E-state index in [1.807, 2.05) is 18.2 Å². The van der Waals surface area contributed by atoms with Gasteiger partial charge in [0.25, 0.3) is 0 Å². The highest BCUT2D eigenvalue weighted by molar-refractivity contribution is 5.97. The summed E-state index contributed by atoms with van der Waals surface area (Å²) in [6.45, 7) is 0.658. The summed E-state index contributed by atoms with van der Waals surface area (Å²) in [5, 5.41) is 0. The molecule has 0 saturated carbocycles. The minimum absolute atomic E-state index is 0.0132. The van der Waals surface area contributed by atoms with Gasteiger partial charge in [-0.15, -0.1) is 0 Å². The van der Waals surface area contributed by atoms with Crippen LogP contribution in [0.3, 0.4) is 0 Å². The first-order valence-electron chi connectivity index (χ1n) is 6.58. The molecule has 0 spiro atoms. The molecule has 0 aromatic heterocycles. The Balaban J connectivity index is 1.74. The van der Waals surface area contributed by atoms with Crippen molar-refractivity contribution in [3.8, 4) is 5.75 Å². The van der Waals surface area contributed by atoms with Gasteiger partial charge in [-0.05, 0) is 36.2 Å². The molecule has 0 N–H and O–H groups in total. The van der Waals surface area contributed by atoms with Crippen LogP contribution in [-0.4, -0.2) is 26.1 Å². The monoisotopic (exact) mass is 270 g/mol. The number of methoxy groups -OCH3 is 1. The van der Waals surface area contributed by atoms with E-state index in [2.05, 4.69) is 12.1 Å². The standard InChI is InChI=1S/C17H18O3/c1-19-16-9-7-15(8-10-16)17(18)13-20-12-11-14-5-3-2-4-6-14/h2-10H,11-13H2,1H3. The molecule has 2 rings (SSSR count). The van der Waals surface area contributed by atoms with Crippen LogP contribution in [0.2, 0.25) is 0 Å². The lowest BCUT2D eigenvalue weighted by Gasteiger charge is -2.05. The second-order valence-corrected chi connectivity index (χ2v) is 4.44. The summed E-state index contributed by atoms with van der Waals surface area (Å²) in [5.74, 6) is 0.729. The average Bonchev–Trinajstić information content (AvgIpc) is 2.52. The Morgan fingerprint density at radius 1 is 1.00 bits per heavy atom. The van der Waals surface area contributed by atoms with Crippen molar-refractivity contribution in [2.45, 2.75) is 6.42 Å². The molecule has 0 radical (unpaired) electrons. The quantitative estimate of drug-likeness (QED) is 0.573. The number of rotatable bonds is 7. The third-order valence-corrected chi connectivity index (χ3v) is 3.02. The summed E-state index contributed by atoms with van der Waals surface area (Å²) in [5.41, 5.74) is 1.86. The van der Waals surface area contributed by atoms with Gasteiger partial charge in [0.2, 0.25) is 0 Å². The average molecular weight is 270 g/mol. The molecule has 104 valence electrons. The van der Waals surface area contributed by atoms with Gasteiger partial charge in [0.1, 0.15) is 12.4 Å². The summed E-state index contributed by atoms with van der Waals surface area (Å²) in [4.78, 5) is 11.9. The predicted molar refractivity (Wildman–Crippen MR) is 78.3 cm³/mol. The van der Waals surface area contributed by atoms with Crippen LogP contribution in [0.5, 0.6) is 5.75 Å². The van der Waals surface area contributed by atoms with Gasteiger partial charge in [-0.3, -0.25) is 4.79 Å². The zero-order chi connectivity index (χ0) is 14.2. The first-order valence-corrected chi connectivity index (χ1v) is 6.58. The molecule has 0 atom stereocenters. The van der Waals surface area contributed by atoms with Gasteiger partial charge in [0.05, 0.1) is 13.7 Å². The van der Waals surface area contributed by atoms with Gasteiger partial charge >= 0.3 is 0 Å². The van der Waals surface area contributed by atoms with Crippen molar-refractivity contribution in [2.75, 3.05) is 20.3 Å². The van der Waals surface area contributed by atoms with Gasteiger partial charge in [-0.1, -0.05) is 30.3 Å². The summed E-state index contributed by atoms with van der Waals surface area (Å²) in [7, 11) is 1.60. The van der Waals surface area contributed by atoms with E-state index in [-0.39, 0.29) is 12.4 Å². The van der Waals surface area contributed by atoms with Gasteiger partial charge in [0.15, 0.2) is 5.78 Å². The molecular weight excluding hydrogens is 252 g/mol. The van der Waals surface area contributed by atoms with Crippen molar-refractivity contribution in [3.63, 3.8) is 0 Å². The molecule has 0 fully saturated rings. The molecular formula is C17H18O3. The molecule has 3 nitrogen and oxygen atoms in total. The van der Waals surface area contributed by atoms with Crippen LogP contribution in [0.4, 0.5) is 0 Å². The molecule has 0 heterocycles. The fourth-order valence-electron chi connectivity index (χ4n) is 1.86. The van der Waals surface area contributed by atoms with E-state index < -0.39 is 0 Å². The zero-order valence-corrected chi connectivity index (χ0v) is 11.5. The van der Waals surface area contributed by atoms with Crippen molar-refractivity contribution < 1.29 is 14.3 Å². The molecule has 0 unspecified atom stereocenters. The summed E-state index contributed by atoms with van der Waals surface area (Å²) < 4.78 is 10.5. The third kappa shape index (κ3) is 4.21. The number of carbonyl (C=O) groups is 1. The number of hydrogen-bond donors (Lipinski definition) is 0. The maximum absolute atomic E-state index is 11.9. The lowest BCUT2D eigenvalue weighted by atomic mass is 10.1. The fourth-order valence-corrected chi connectivity index (χ4v) is 1.86. The Kier molecular flexibility index (Phi) is 5.33. The minimum atomic E-state index is -0.0132. The molecule has 0 aliphatic rings. The normalized spacial score (nSPS) is 10.2. The largest absolute Gasteiger partial charge is 0.497 e. The Labute approximate surface area is 119 Å². The summed E-state index contributed by atoms with van der Waals surface area (Å²) in [6, 6.07) is 17.1. The Morgan fingerprint density at radius 3 is 2.35 bits per heavy atom. The highest BCUT2D eigenvalue weighted by atomic mass is 16.5. The smallest absolute Gasteiger partial charge is 0.188 e. The van der Waals surface area contributed by atoms with Crippen LogP contribution in [0, 0.1) is 0 Å². The van der Waals surface area contributed by atoms with Gasteiger partial charge in [-0.25, -0.2) is 0 Å². The second kappa shape index (κ2) is 7.46. The number of Topliss-reactive ketones (excluding diaryl/α,β-unsaturated/α-hetero) is 1. The van der Waals surface area contributed by atoms with Crippen LogP contribution in [0.25, 0.3) is 0 Å². The highest BCUT2D eigenvalue weighted by Gasteiger charge is 2.06. The molecule has 0 aliphatic carbocycles. The number of carbonyl (C=O) groups excluding carboxylic acids is 1. The van der Waals surface area contributed by atoms with E-state index in [1.165, 1.54) is 5.56 Å². The molecule has 20 heavy (non-hydrogen) atoms. The molecule has 0 amide bonds. The van der Waals surface area contributed by atoms with Crippen LogP contribution >= 0.6 is 0 Å². The molecule has 0 aliphatic heterocycles. The molecule has 0 saturated heterocycles. The van der Waals surface area contributed by atoms with E-state index in [1.54, 1.807) is 31.4 Å². The fraction of sp³-hybridized carbons (Fsp3) is 0.235. The molecule has 0 bridgehead atoms. The Bertz CT molecular complexity index is 532. The Hall–Kier alpha value is -2.13. The van der Waals surface area contributed by atoms with Gasteiger partial charge in [-0.2, -0.15) is 0 Å². The third-order valence-electron chi connectivity index (χ3n) is 3.02. The highest BCUT2D eigenvalue weighted by Crippen LogP contribution is 2.11. The Morgan fingerprint density at radius 2 is 1.70 bits per heavy atom. The first kappa shape index (κ1) is 14.3. The molecule has 2 aromatic carbocycles. The van der Waals surface area contributed by atoms with Crippen LogP contribution in [0.15, 0.2) is 54.6 Å². The second-order valence-electron chi connectivity index (χ2n) is 4.44. The number of ether oxygens (including phenoxy) is 2. The molecule has 2 aromatic rings. The summed E-state index contributed by atoms with van der Waals surface area (Å²) in [6.07, 6.45) is 0.816. The molecule has 3 heteroatoms. The van der Waals surface area contributed by atoms with E-state index in [0.29, 0.717) is 12.2 Å². The topological polar surface area (TPSA) is 35.5 Å². The maximum atomic E-state index is 11.9. The van der Waals surface area contributed by atoms with E-state index in [4.69, 9.17) is 9.47 Å². The van der Waals surface area contributed by atoms with Crippen molar-refractivity contribution in [1.82, 2.24) is 0 Å². The van der Waals surface area contributed by atoms with Gasteiger partial charge < -0.3 is 9.47 Å². The number of benzene rings is 2. The predicted octanol–water partition coefficient (Wildman–Crippen LogP) is 3.14. The zero-order valence-electron chi connectivity index (χ0n) is 11.5. The van der Waals surface area contributed by atoms with Gasteiger partial charge in [0, 0.05) is 5.56 Å². The van der Waals surface area contributed by atoms with Crippen LogP contribution in [-0.2, 0) is 11.2 Å². The summed E-state index contributed by atoms with van der Waals surface area (Å²) >= 11 is 0. The lowest BCUT2D eigenvalue weighted by molar-refractivity contribution is 0.0765. The number of ketones is 1. The van der Waals surface area contributed by atoms with Crippen molar-refractivity contribution >= 4 is 5.78 Å². The SMILES string of the molecule is COc1ccc(C(=O)COCCc2ccccc2)cc1. The van der Waals surface area contributed by atoms with E-state index in [9.17, 15) is 4.79 Å². The van der Waals surface area contributed by atoms with Crippen molar-refractivity contribution in [3.05, 3.63) is 65.7 Å². The van der Waals surface area contributed by atoms with Crippen molar-refractivity contribution in [1.29, 1.82) is 0 Å². The minimum Gasteiger partial charge on any atom is -0.497 e. The van der Waals surface area contributed by atoms with E-state index >= 15 is 0 Å². The van der Waals surface area contributed by atoms with Crippen LogP contribution in [0.1, 0.15) is 15.9 Å². The van der Waals surface area contributed by atoms with Crippen molar-refractivity contribution in [2.24, 2.45) is 0 Å². The number of hydrogen-bond acceptors (Lipinski definition) is 3. The van der Waals surface area contributed by atoms with E-state index in [0.717, 1.165) is 12.2 Å².